The van der Waals surface area contributed by atoms with Gasteiger partial charge in [-0.1, -0.05) is 35.3 Å². The number of amides is 2. The molecule has 2 fully saturated rings. The number of urea groups is 1. The van der Waals surface area contributed by atoms with E-state index in [4.69, 9.17) is 23.2 Å². The van der Waals surface area contributed by atoms with E-state index in [0.717, 1.165) is 17.7 Å². The van der Waals surface area contributed by atoms with Gasteiger partial charge in [0.1, 0.15) is 5.82 Å². The lowest BCUT2D eigenvalue weighted by Crippen LogP contribution is -2.53. The zero-order valence-electron chi connectivity index (χ0n) is 22.2. The molecule has 2 aliphatic rings. The maximum absolute atomic E-state index is 14.3. The van der Waals surface area contributed by atoms with Crippen LogP contribution in [0.1, 0.15) is 22.6 Å². The third kappa shape index (κ3) is 6.52. The third-order valence-corrected chi connectivity index (χ3v) is 8.39. The van der Waals surface area contributed by atoms with Crippen molar-refractivity contribution >= 4 is 35.2 Å². The van der Waals surface area contributed by atoms with E-state index >= 15 is 0 Å². The van der Waals surface area contributed by atoms with E-state index in [1.54, 1.807) is 40.4 Å². The van der Waals surface area contributed by atoms with Crippen LogP contribution in [0.15, 0.2) is 54.9 Å². The molecular formula is C28H28Cl2F4N6O. The molecule has 2 amide bonds. The van der Waals surface area contributed by atoms with Gasteiger partial charge in [-0.15, -0.1) is 0 Å². The molecule has 3 heterocycles. The zero-order valence-corrected chi connectivity index (χ0v) is 23.7. The smallest absolute Gasteiger partial charge is 0.337 e. The lowest BCUT2D eigenvalue weighted by Gasteiger charge is -2.36. The molecule has 1 aromatic heterocycles. The van der Waals surface area contributed by atoms with Crippen molar-refractivity contribution in [3.8, 4) is 0 Å². The van der Waals surface area contributed by atoms with Crippen molar-refractivity contribution < 1.29 is 22.4 Å². The summed E-state index contributed by atoms with van der Waals surface area (Å²) in [7, 11) is 1.82. The van der Waals surface area contributed by atoms with Crippen LogP contribution < -0.4 is 4.90 Å². The van der Waals surface area contributed by atoms with E-state index in [1.165, 1.54) is 6.07 Å². The molecule has 3 aromatic rings. The standard InChI is InChI=1S/C28H28Cl2F4N6O/c1-37(15-18-3-5-21(24(31)13-18)28(32,33)34)25-17-40(16-20(25)19-4-6-22(29)23(30)14-19)27(41)39-11-9-38(10-12-39)26-35-7-2-8-36-26/h2-8,13-14,20,25H,9-12,15-17H2,1H3/t20-,25-/m1/s1. The molecule has 0 N–H and O–H groups in total. The van der Waals surface area contributed by atoms with E-state index in [-0.39, 0.29) is 24.5 Å². The van der Waals surface area contributed by atoms with Crippen LogP contribution >= 0.6 is 23.2 Å². The molecule has 13 heteroatoms. The maximum Gasteiger partial charge on any atom is 0.419 e. The Balaban J connectivity index is 1.32. The van der Waals surface area contributed by atoms with Crippen LogP contribution in [0.3, 0.4) is 0 Å². The Morgan fingerprint density at radius 1 is 0.976 bits per heavy atom. The van der Waals surface area contributed by atoms with Gasteiger partial charge in [-0.25, -0.2) is 19.2 Å². The van der Waals surface area contributed by atoms with Gasteiger partial charge in [-0.2, -0.15) is 13.2 Å². The monoisotopic (exact) mass is 610 g/mol. The zero-order chi connectivity index (χ0) is 29.3. The summed E-state index contributed by atoms with van der Waals surface area (Å²) >= 11 is 12.5. The topological polar surface area (TPSA) is 55.8 Å². The molecular weight excluding hydrogens is 583 g/mol. The lowest BCUT2D eigenvalue weighted by atomic mass is 9.93. The van der Waals surface area contributed by atoms with Gasteiger partial charge in [0.15, 0.2) is 0 Å². The number of hydrogen-bond acceptors (Lipinski definition) is 5. The van der Waals surface area contributed by atoms with Gasteiger partial charge in [0, 0.05) is 70.2 Å². The van der Waals surface area contributed by atoms with Crippen molar-refractivity contribution in [3.63, 3.8) is 0 Å². The minimum absolute atomic E-state index is 0.0971. The number of hydrogen-bond donors (Lipinski definition) is 0. The van der Waals surface area contributed by atoms with Crippen molar-refractivity contribution in [2.24, 2.45) is 0 Å². The number of likely N-dealkylation sites (tertiary alicyclic amines) is 1. The summed E-state index contributed by atoms with van der Waals surface area (Å²) in [5.74, 6) is -0.841. The highest BCUT2D eigenvalue weighted by Crippen LogP contribution is 2.36. The molecule has 41 heavy (non-hydrogen) atoms. The number of carbonyl (C=O) groups excluding carboxylic acids is 1. The molecule has 0 unspecified atom stereocenters. The third-order valence-electron chi connectivity index (χ3n) is 7.65. The number of anilines is 1. The fraction of sp³-hybridized carbons (Fsp3) is 0.393. The molecule has 0 radical (unpaired) electrons. The Labute approximate surface area is 245 Å². The minimum Gasteiger partial charge on any atom is -0.337 e. The van der Waals surface area contributed by atoms with Gasteiger partial charge >= 0.3 is 12.2 Å². The van der Waals surface area contributed by atoms with Crippen LogP contribution in [0.4, 0.5) is 28.3 Å². The van der Waals surface area contributed by atoms with Gasteiger partial charge in [-0.05, 0) is 48.5 Å². The highest BCUT2D eigenvalue weighted by Gasteiger charge is 2.41. The minimum atomic E-state index is -4.76. The fourth-order valence-corrected chi connectivity index (χ4v) is 5.81. The van der Waals surface area contributed by atoms with Gasteiger partial charge in [0.05, 0.1) is 15.6 Å². The average molecular weight is 611 g/mol. The summed E-state index contributed by atoms with van der Waals surface area (Å²) in [5, 5.41) is 0.797. The molecule has 2 aliphatic heterocycles. The van der Waals surface area contributed by atoms with E-state index in [9.17, 15) is 22.4 Å². The second-order valence-electron chi connectivity index (χ2n) is 10.3. The van der Waals surface area contributed by atoms with E-state index in [2.05, 4.69) is 9.97 Å². The van der Waals surface area contributed by atoms with Gasteiger partial charge in [0.25, 0.3) is 0 Å². The lowest BCUT2D eigenvalue weighted by molar-refractivity contribution is -0.140. The normalized spacial score (nSPS) is 19.8. The molecule has 2 saturated heterocycles. The number of likely N-dealkylation sites (N-methyl/N-ethyl adjacent to an activating group) is 1. The molecule has 0 bridgehead atoms. The van der Waals surface area contributed by atoms with Crippen LogP contribution in [0.25, 0.3) is 0 Å². The number of aromatic nitrogens is 2. The Hall–Kier alpha value is -3.15. The summed E-state index contributed by atoms with van der Waals surface area (Å²) < 4.78 is 53.4. The van der Waals surface area contributed by atoms with Crippen LogP contribution in [0.5, 0.6) is 0 Å². The van der Waals surface area contributed by atoms with Crippen LogP contribution in [-0.4, -0.2) is 83.1 Å². The second kappa shape index (κ2) is 12.0. The molecule has 0 saturated carbocycles. The molecule has 5 rings (SSSR count). The Bertz CT molecular complexity index is 1390. The van der Waals surface area contributed by atoms with E-state index < -0.39 is 17.6 Å². The number of piperazine rings is 1. The molecule has 0 aliphatic carbocycles. The van der Waals surface area contributed by atoms with Crippen molar-refractivity contribution in [3.05, 3.63) is 87.4 Å². The number of halogens is 6. The molecule has 218 valence electrons. The first-order valence-electron chi connectivity index (χ1n) is 13.1. The quantitative estimate of drug-likeness (QED) is 0.343. The number of nitrogens with zero attached hydrogens (tertiary/aromatic N) is 6. The number of benzene rings is 2. The van der Waals surface area contributed by atoms with Crippen LogP contribution in [-0.2, 0) is 12.7 Å². The van der Waals surface area contributed by atoms with Crippen molar-refractivity contribution in [1.82, 2.24) is 24.7 Å². The highest BCUT2D eigenvalue weighted by atomic mass is 35.5. The molecule has 2 aromatic carbocycles. The summed E-state index contributed by atoms with van der Waals surface area (Å²) in [6, 6.07) is 9.76. The van der Waals surface area contributed by atoms with Crippen molar-refractivity contribution in [1.29, 1.82) is 0 Å². The van der Waals surface area contributed by atoms with Crippen LogP contribution in [0.2, 0.25) is 10.0 Å². The first-order valence-corrected chi connectivity index (χ1v) is 13.8. The predicted octanol–water partition coefficient (Wildman–Crippen LogP) is 5.78. The largest absolute Gasteiger partial charge is 0.419 e. The SMILES string of the molecule is CN(Cc1ccc(C(F)(F)F)c(F)c1)[C@@H]1CN(C(=O)N2CCN(c3ncccn3)CC2)C[C@@H]1c1ccc(Cl)c(Cl)c1. The number of rotatable bonds is 5. The maximum atomic E-state index is 14.3. The summed E-state index contributed by atoms with van der Waals surface area (Å²) in [4.78, 5) is 29.8. The van der Waals surface area contributed by atoms with Gasteiger partial charge < -0.3 is 14.7 Å². The van der Waals surface area contributed by atoms with E-state index in [0.29, 0.717) is 60.8 Å². The summed E-state index contributed by atoms with van der Waals surface area (Å²) in [6.07, 6.45) is -1.40. The first-order chi connectivity index (χ1) is 19.5. The Morgan fingerprint density at radius 3 is 2.32 bits per heavy atom. The molecule has 2 atom stereocenters. The first kappa shape index (κ1) is 29.3. The Morgan fingerprint density at radius 2 is 1.68 bits per heavy atom. The van der Waals surface area contributed by atoms with Crippen LogP contribution in [0, 0.1) is 5.82 Å². The Kier molecular flexibility index (Phi) is 8.58. The highest BCUT2D eigenvalue weighted by molar-refractivity contribution is 6.42. The van der Waals surface area contributed by atoms with Crippen molar-refractivity contribution in [2.45, 2.75) is 24.7 Å². The second-order valence-corrected chi connectivity index (χ2v) is 11.1. The van der Waals surface area contributed by atoms with Crippen molar-refractivity contribution in [2.75, 3.05) is 51.2 Å². The summed E-state index contributed by atoms with van der Waals surface area (Å²) in [5.41, 5.74) is -0.0136. The van der Waals surface area contributed by atoms with Gasteiger partial charge in [-0.3, -0.25) is 4.90 Å². The number of alkyl halides is 3. The van der Waals surface area contributed by atoms with E-state index in [1.807, 2.05) is 22.9 Å². The predicted molar refractivity (Wildman–Crippen MR) is 149 cm³/mol. The van der Waals surface area contributed by atoms with Gasteiger partial charge in [0.2, 0.25) is 5.95 Å². The number of carbonyl (C=O) groups is 1. The fourth-order valence-electron chi connectivity index (χ4n) is 5.50. The molecule has 7 nitrogen and oxygen atoms in total. The summed E-state index contributed by atoms with van der Waals surface area (Å²) in [6.45, 7) is 3.20. The average Bonchev–Trinajstić information content (AvgIpc) is 3.40. The molecule has 0 spiro atoms.